The van der Waals surface area contributed by atoms with E-state index in [-0.39, 0.29) is 0 Å². The molecular weight excluding hydrogens is 325 g/mol. The minimum atomic E-state index is 0.817. The summed E-state index contributed by atoms with van der Waals surface area (Å²) in [6.07, 6.45) is 2.28. The van der Waals surface area contributed by atoms with Crippen molar-refractivity contribution in [2.24, 2.45) is 0 Å². The summed E-state index contributed by atoms with van der Waals surface area (Å²) < 4.78 is 6.42. The molecule has 0 radical (unpaired) electrons. The van der Waals surface area contributed by atoms with E-state index >= 15 is 0 Å². The average Bonchev–Trinajstić information content (AvgIpc) is 2.76. The van der Waals surface area contributed by atoms with Crippen LogP contribution >= 0.6 is 22.6 Å². The highest BCUT2D eigenvalue weighted by Crippen LogP contribution is 2.09. The highest BCUT2D eigenvalue weighted by molar-refractivity contribution is 14.1. The zero-order chi connectivity index (χ0) is 11.9. The van der Waals surface area contributed by atoms with Gasteiger partial charge >= 0.3 is 0 Å². The van der Waals surface area contributed by atoms with Gasteiger partial charge in [0.1, 0.15) is 5.76 Å². The first-order valence-electron chi connectivity index (χ1n) is 5.83. The standard InChI is InChI=1S/C14H16INO/c15-14-9-8-13(17-14)11-16-10-4-7-12-5-2-1-3-6-12/h1-3,5-6,8-9,16H,4,7,10-11H2. The Bertz CT molecular complexity index is 438. The number of benzene rings is 1. The molecule has 1 aromatic heterocycles. The molecule has 1 aromatic carbocycles. The molecule has 17 heavy (non-hydrogen) atoms. The normalized spacial score (nSPS) is 10.6. The van der Waals surface area contributed by atoms with Gasteiger partial charge in [-0.25, -0.2) is 0 Å². The van der Waals surface area contributed by atoms with Gasteiger partial charge in [-0.15, -0.1) is 0 Å². The van der Waals surface area contributed by atoms with Gasteiger partial charge in [-0.2, -0.15) is 0 Å². The summed E-state index contributed by atoms with van der Waals surface area (Å²) in [4.78, 5) is 0. The molecule has 2 nitrogen and oxygen atoms in total. The summed E-state index contributed by atoms with van der Waals surface area (Å²) in [5.74, 6) is 1.01. The molecule has 0 aliphatic heterocycles. The molecule has 0 amide bonds. The number of rotatable bonds is 6. The van der Waals surface area contributed by atoms with Crippen LogP contribution in [0.15, 0.2) is 46.9 Å². The molecule has 2 aromatic rings. The molecule has 0 bridgehead atoms. The van der Waals surface area contributed by atoms with E-state index in [2.05, 4.69) is 58.2 Å². The average molecular weight is 341 g/mol. The van der Waals surface area contributed by atoms with Crippen molar-refractivity contribution in [3.05, 3.63) is 57.6 Å². The fraction of sp³-hybridized carbons (Fsp3) is 0.286. The molecular formula is C14H16INO. The van der Waals surface area contributed by atoms with Crippen molar-refractivity contribution in [3.8, 4) is 0 Å². The van der Waals surface area contributed by atoms with Crippen molar-refractivity contribution < 1.29 is 4.42 Å². The van der Waals surface area contributed by atoms with E-state index in [1.54, 1.807) is 0 Å². The zero-order valence-electron chi connectivity index (χ0n) is 9.66. The minimum Gasteiger partial charge on any atom is -0.454 e. The van der Waals surface area contributed by atoms with Gasteiger partial charge in [0.2, 0.25) is 0 Å². The summed E-state index contributed by atoms with van der Waals surface area (Å²) >= 11 is 2.18. The Morgan fingerprint density at radius 3 is 2.59 bits per heavy atom. The topological polar surface area (TPSA) is 25.2 Å². The van der Waals surface area contributed by atoms with Gasteiger partial charge in [0.15, 0.2) is 3.77 Å². The lowest BCUT2D eigenvalue weighted by Crippen LogP contribution is -2.14. The van der Waals surface area contributed by atoms with E-state index in [0.717, 1.165) is 35.5 Å². The van der Waals surface area contributed by atoms with Gasteiger partial charge in [-0.3, -0.25) is 0 Å². The van der Waals surface area contributed by atoms with E-state index in [0.29, 0.717) is 0 Å². The maximum Gasteiger partial charge on any atom is 0.164 e. The summed E-state index contributed by atoms with van der Waals surface area (Å²) in [5.41, 5.74) is 1.40. The first-order chi connectivity index (χ1) is 8.34. The first-order valence-corrected chi connectivity index (χ1v) is 6.91. The highest BCUT2D eigenvalue weighted by Gasteiger charge is 1.98. The molecule has 0 saturated carbocycles. The number of nitrogens with one attached hydrogen (secondary N) is 1. The lowest BCUT2D eigenvalue weighted by molar-refractivity contribution is 0.462. The second kappa shape index (κ2) is 6.81. The van der Waals surface area contributed by atoms with E-state index in [4.69, 9.17) is 4.42 Å². The Balaban J connectivity index is 1.61. The fourth-order valence-electron chi connectivity index (χ4n) is 1.72. The van der Waals surface area contributed by atoms with Crippen molar-refractivity contribution in [3.63, 3.8) is 0 Å². The van der Waals surface area contributed by atoms with Gasteiger partial charge in [0.05, 0.1) is 6.54 Å². The van der Waals surface area contributed by atoms with Crippen LogP contribution in [0.4, 0.5) is 0 Å². The van der Waals surface area contributed by atoms with Crippen LogP contribution < -0.4 is 5.32 Å². The molecule has 2 rings (SSSR count). The monoisotopic (exact) mass is 341 g/mol. The zero-order valence-corrected chi connectivity index (χ0v) is 11.8. The van der Waals surface area contributed by atoms with Crippen molar-refractivity contribution >= 4 is 22.6 Å². The number of hydrogen-bond donors (Lipinski definition) is 1. The van der Waals surface area contributed by atoms with Crippen LogP contribution in [0.3, 0.4) is 0 Å². The summed E-state index contributed by atoms with van der Waals surface area (Å²) in [6.45, 7) is 1.84. The minimum absolute atomic E-state index is 0.817. The Morgan fingerprint density at radius 1 is 1.06 bits per heavy atom. The molecule has 0 atom stereocenters. The summed E-state index contributed by atoms with van der Waals surface area (Å²) in [5, 5.41) is 3.39. The Hall–Kier alpha value is -0.810. The van der Waals surface area contributed by atoms with Crippen LogP contribution in [0.2, 0.25) is 0 Å². The predicted molar refractivity (Wildman–Crippen MR) is 77.9 cm³/mol. The predicted octanol–water partition coefficient (Wildman–Crippen LogP) is 3.61. The first kappa shape index (κ1) is 12.6. The van der Waals surface area contributed by atoms with Crippen molar-refractivity contribution in [1.29, 1.82) is 0 Å². The smallest absolute Gasteiger partial charge is 0.164 e. The SMILES string of the molecule is Ic1ccc(CNCCCc2ccccc2)o1. The molecule has 1 N–H and O–H groups in total. The Kier molecular flexibility index (Phi) is 5.07. The molecule has 0 unspecified atom stereocenters. The van der Waals surface area contributed by atoms with Crippen molar-refractivity contribution in [2.75, 3.05) is 6.54 Å². The van der Waals surface area contributed by atoms with Gasteiger partial charge in [0.25, 0.3) is 0 Å². The van der Waals surface area contributed by atoms with E-state index < -0.39 is 0 Å². The number of halogens is 1. The molecule has 0 fully saturated rings. The van der Waals surface area contributed by atoms with Crippen molar-refractivity contribution in [1.82, 2.24) is 5.32 Å². The Labute approximate surface area is 116 Å². The molecule has 3 heteroatoms. The number of furan rings is 1. The maximum atomic E-state index is 5.47. The maximum absolute atomic E-state index is 5.47. The lowest BCUT2D eigenvalue weighted by Gasteiger charge is -2.03. The van der Waals surface area contributed by atoms with Crippen LogP contribution in [0.25, 0.3) is 0 Å². The summed E-state index contributed by atoms with van der Waals surface area (Å²) in [6, 6.07) is 14.6. The second-order valence-electron chi connectivity index (χ2n) is 3.97. The lowest BCUT2D eigenvalue weighted by atomic mass is 10.1. The molecule has 90 valence electrons. The molecule has 0 aliphatic carbocycles. The van der Waals surface area contributed by atoms with Crippen LogP contribution in [0, 0.1) is 3.77 Å². The van der Waals surface area contributed by atoms with Crippen LogP contribution in [0.1, 0.15) is 17.7 Å². The number of aryl methyl sites for hydroxylation is 1. The van der Waals surface area contributed by atoms with Gasteiger partial charge < -0.3 is 9.73 Å². The third-order valence-corrected chi connectivity index (χ3v) is 3.17. The van der Waals surface area contributed by atoms with Gasteiger partial charge in [-0.1, -0.05) is 30.3 Å². The quantitative estimate of drug-likeness (QED) is 0.642. The molecule has 0 aliphatic rings. The second-order valence-corrected chi connectivity index (χ2v) is 5.03. The van der Waals surface area contributed by atoms with E-state index in [1.165, 1.54) is 5.56 Å². The molecule has 0 saturated heterocycles. The largest absolute Gasteiger partial charge is 0.454 e. The third-order valence-electron chi connectivity index (χ3n) is 2.59. The molecule has 0 spiro atoms. The van der Waals surface area contributed by atoms with Crippen LogP contribution in [-0.4, -0.2) is 6.54 Å². The van der Waals surface area contributed by atoms with Crippen molar-refractivity contribution in [2.45, 2.75) is 19.4 Å². The Morgan fingerprint density at radius 2 is 1.88 bits per heavy atom. The van der Waals surface area contributed by atoms with Gasteiger partial charge in [0, 0.05) is 0 Å². The van der Waals surface area contributed by atoms with Gasteiger partial charge in [-0.05, 0) is 59.7 Å². The van der Waals surface area contributed by atoms with Crippen LogP contribution in [-0.2, 0) is 13.0 Å². The third kappa shape index (κ3) is 4.52. The van der Waals surface area contributed by atoms with E-state index in [1.807, 2.05) is 12.1 Å². The fourth-order valence-corrected chi connectivity index (χ4v) is 2.18. The van der Waals surface area contributed by atoms with E-state index in [9.17, 15) is 0 Å². The highest BCUT2D eigenvalue weighted by atomic mass is 127. The summed E-state index contributed by atoms with van der Waals surface area (Å²) in [7, 11) is 0. The molecule has 1 heterocycles. The number of hydrogen-bond acceptors (Lipinski definition) is 2. The van der Waals surface area contributed by atoms with Crippen LogP contribution in [0.5, 0.6) is 0 Å².